The summed E-state index contributed by atoms with van der Waals surface area (Å²) in [6.07, 6.45) is 0.172. The molecule has 0 amide bonds. The standard InChI is InChI=1S/C16H25NO4/c1-11(9-15-20-7-8-21-15)10-17-12(2)16(19)13-3-5-14(18)6-4-13/h3-6,11-12,15-19H,7-10H2,1-2H3. The lowest BCUT2D eigenvalue weighted by atomic mass is 10.0. The highest BCUT2D eigenvalue weighted by Crippen LogP contribution is 2.20. The fourth-order valence-electron chi connectivity index (χ4n) is 2.41. The van der Waals surface area contributed by atoms with E-state index in [2.05, 4.69) is 12.2 Å². The van der Waals surface area contributed by atoms with Crippen molar-refractivity contribution in [3.63, 3.8) is 0 Å². The molecule has 21 heavy (non-hydrogen) atoms. The van der Waals surface area contributed by atoms with Crippen LogP contribution < -0.4 is 5.32 Å². The number of aliphatic hydroxyl groups is 1. The summed E-state index contributed by atoms with van der Waals surface area (Å²) >= 11 is 0. The molecule has 118 valence electrons. The average Bonchev–Trinajstić information content (AvgIpc) is 2.97. The third-order valence-corrected chi connectivity index (χ3v) is 3.78. The number of phenolic OH excluding ortho intramolecular Hbond substituents is 1. The SMILES string of the molecule is CC(CNC(C)C(O)c1ccc(O)cc1)CC1OCCO1. The molecule has 1 aliphatic rings. The molecule has 0 radical (unpaired) electrons. The molecule has 1 aromatic rings. The van der Waals surface area contributed by atoms with Crippen LogP contribution in [0.15, 0.2) is 24.3 Å². The lowest BCUT2D eigenvalue weighted by Crippen LogP contribution is -2.36. The molecule has 3 N–H and O–H groups in total. The van der Waals surface area contributed by atoms with E-state index in [1.165, 1.54) is 0 Å². The predicted octanol–water partition coefficient (Wildman–Crippen LogP) is 1.80. The smallest absolute Gasteiger partial charge is 0.158 e. The molecule has 0 aliphatic carbocycles. The summed E-state index contributed by atoms with van der Waals surface area (Å²) in [6, 6.07) is 6.58. The molecule has 1 saturated heterocycles. The van der Waals surface area contributed by atoms with E-state index in [-0.39, 0.29) is 18.1 Å². The summed E-state index contributed by atoms with van der Waals surface area (Å²) in [4.78, 5) is 0. The summed E-state index contributed by atoms with van der Waals surface area (Å²) in [5.41, 5.74) is 0.794. The van der Waals surface area contributed by atoms with Gasteiger partial charge in [0, 0.05) is 12.5 Å². The number of aromatic hydroxyl groups is 1. The highest BCUT2D eigenvalue weighted by atomic mass is 16.7. The molecule has 5 nitrogen and oxygen atoms in total. The fraction of sp³-hybridized carbons (Fsp3) is 0.625. The summed E-state index contributed by atoms with van der Waals surface area (Å²) in [7, 11) is 0. The van der Waals surface area contributed by atoms with Crippen LogP contribution in [0.25, 0.3) is 0 Å². The van der Waals surface area contributed by atoms with E-state index in [1.54, 1.807) is 24.3 Å². The van der Waals surface area contributed by atoms with Crippen molar-refractivity contribution in [2.75, 3.05) is 19.8 Å². The Kier molecular flexibility index (Phi) is 5.99. The van der Waals surface area contributed by atoms with Crippen LogP contribution in [-0.4, -0.2) is 42.3 Å². The van der Waals surface area contributed by atoms with Crippen LogP contribution in [0.5, 0.6) is 5.75 Å². The van der Waals surface area contributed by atoms with Crippen molar-refractivity contribution < 1.29 is 19.7 Å². The van der Waals surface area contributed by atoms with Crippen molar-refractivity contribution in [2.45, 2.75) is 38.7 Å². The van der Waals surface area contributed by atoms with Crippen LogP contribution in [0, 0.1) is 5.92 Å². The third-order valence-electron chi connectivity index (χ3n) is 3.78. The average molecular weight is 295 g/mol. The van der Waals surface area contributed by atoms with Gasteiger partial charge in [-0.3, -0.25) is 0 Å². The van der Waals surface area contributed by atoms with Gasteiger partial charge in [-0.2, -0.15) is 0 Å². The van der Waals surface area contributed by atoms with Gasteiger partial charge in [0.05, 0.1) is 19.3 Å². The van der Waals surface area contributed by atoms with E-state index >= 15 is 0 Å². The summed E-state index contributed by atoms with van der Waals surface area (Å²) in [5.74, 6) is 0.610. The van der Waals surface area contributed by atoms with Crippen molar-refractivity contribution in [3.8, 4) is 5.75 Å². The minimum atomic E-state index is -0.600. The molecule has 1 aliphatic heterocycles. The topological polar surface area (TPSA) is 71.0 Å². The zero-order chi connectivity index (χ0) is 15.2. The Balaban J connectivity index is 1.75. The van der Waals surface area contributed by atoms with E-state index < -0.39 is 6.10 Å². The van der Waals surface area contributed by atoms with Gasteiger partial charge in [0.2, 0.25) is 0 Å². The van der Waals surface area contributed by atoms with Crippen LogP contribution in [0.3, 0.4) is 0 Å². The van der Waals surface area contributed by atoms with Crippen molar-refractivity contribution >= 4 is 0 Å². The second-order valence-corrected chi connectivity index (χ2v) is 5.75. The maximum absolute atomic E-state index is 10.3. The minimum absolute atomic E-state index is 0.0672. The van der Waals surface area contributed by atoms with Gasteiger partial charge >= 0.3 is 0 Å². The van der Waals surface area contributed by atoms with Crippen LogP contribution in [-0.2, 0) is 9.47 Å². The first-order valence-corrected chi connectivity index (χ1v) is 7.50. The Morgan fingerprint density at radius 3 is 2.43 bits per heavy atom. The third kappa shape index (κ3) is 4.97. The number of ether oxygens (including phenoxy) is 2. The van der Waals surface area contributed by atoms with Crippen molar-refractivity contribution in [3.05, 3.63) is 29.8 Å². The van der Waals surface area contributed by atoms with E-state index in [0.29, 0.717) is 19.1 Å². The first-order valence-electron chi connectivity index (χ1n) is 7.50. The molecule has 0 saturated carbocycles. The number of benzene rings is 1. The normalized spacial score (nSPS) is 20.3. The van der Waals surface area contributed by atoms with Crippen molar-refractivity contribution in [2.24, 2.45) is 5.92 Å². The number of aliphatic hydroxyl groups excluding tert-OH is 1. The Morgan fingerprint density at radius 1 is 1.19 bits per heavy atom. The molecular formula is C16H25NO4. The molecule has 3 atom stereocenters. The Bertz CT molecular complexity index is 417. The molecular weight excluding hydrogens is 270 g/mol. The number of hydrogen-bond acceptors (Lipinski definition) is 5. The van der Waals surface area contributed by atoms with Gasteiger partial charge in [-0.15, -0.1) is 0 Å². The first-order chi connectivity index (χ1) is 10.1. The van der Waals surface area contributed by atoms with Gasteiger partial charge in [0.25, 0.3) is 0 Å². The highest BCUT2D eigenvalue weighted by molar-refractivity contribution is 5.27. The van der Waals surface area contributed by atoms with Crippen molar-refractivity contribution in [1.29, 1.82) is 0 Å². The fourth-order valence-corrected chi connectivity index (χ4v) is 2.41. The second-order valence-electron chi connectivity index (χ2n) is 5.75. The zero-order valence-electron chi connectivity index (χ0n) is 12.7. The predicted molar refractivity (Wildman–Crippen MR) is 80.0 cm³/mol. The molecule has 2 rings (SSSR count). The molecule has 0 aromatic heterocycles. The zero-order valence-corrected chi connectivity index (χ0v) is 12.7. The lowest BCUT2D eigenvalue weighted by Gasteiger charge is -2.23. The van der Waals surface area contributed by atoms with Crippen molar-refractivity contribution in [1.82, 2.24) is 5.32 Å². The number of hydrogen-bond donors (Lipinski definition) is 3. The van der Waals surface area contributed by atoms with E-state index in [0.717, 1.165) is 18.5 Å². The summed E-state index contributed by atoms with van der Waals surface area (Å²) in [5, 5.41) is 22.9. The molecule has 1 heterocycles. The van der Waals surface area contributed by atoms with Gasteiger partial charge in [0.15, 0.2) is 6.29 Å². The minimum Gasteiger partial charge on any atom is -0.508 e. The van der Waals surface area contributed by atoms with E-state index in [4.69, 9.17) is 9.47 Å². The highest BCUT2D eigenvalue weighted by Gasteiger charge is 2.21. The van der Waals surface area contributed by atoms with Gasteiger partial charge in [-0.05, 0) is 37.1 Å². The summed E-state index contributed by atoms with van der Waals surface area (Å²) < 4.78 is 10.9. The molecule has 1 aromatic carbocycles. The van der Waals surface area contributed by atoms with E-state index in [1.807, 2.05) is 6.92 Å². The monoisotopic (exact) mass is 295 g/mol. The maximum atomic E-state index is 10.3. The van der Waals surface area contributed by atoms with Crippen LogP contribution in [0.1, 0.15) is 31.9 Å². The molecule has 0 spiro atoms. The van der Waals surface area contributed by atoms with Gasteiger partial charge < -0.3 is 25.0 Å². The number of phenols is 1. The summed E-state index contributed by atoms with van der Waals surface area (Å²) in [6.45, 7) is 6.24. The number of nitrogens with one attached hydrogen (secondary N) is 1. The Morgan fingerprint density at radius 2 is 1.81 bits per heavy atom. The Hall–Kier alpha value is -1.14. The quantitative estimate of drug-likeness (QED) is 0.715. The maximum Gasteiger partial charge on any atom is 0.158 e. The van der Waals surface area contributed by atoms with Crippen LogP contribution in [0.4, 0.5) is 0 Å². The number of rotatable bonds is 7. The second kappa shape index (κ2) is 7.75. The Labute approximate surface area is 125 Å². The molecule has 5 heteroatoms. The molecule has 1 fully saturated rings. The lowest BCUT2D eigenvalue weighted by molar-refractivity contribution is -0.0556. The molecule has 3 unspecified atom stereocenters. The van der Waals surface area contributed by atoms with Gasteiger partial charge in [-0.25, -0.2) is 0 Å². The van der Waals surface area contributed by atoms with Gasteiger partial charge in [-0.1, -0.05) is 19.1 Å². The van der Waals surface area contributed by atoms with E-state index in [9.17, 15) is 10.2 Å². The van der Waals surface area contributed by atoms with Crippen LogP contribution in [0.2, 0.25) is 0 Å². The van der Waals surface area contributed by atoms with Gasteiger partial charge in [0.1, 0.15) is 5.75 Å². The largest absolute Gasteiger partial charge is 0.508 e. The first kappa shape index (κ1) is 16.2. The van der Waals surface area contributed by atoms with Crippen LogP contribution >= 0.6 is 0 Å². The molecule has 0 bridgehead atoms.